The van der Waals surface area contributed by atoms with Crippen molar-refractivity contribution in [1.29, 1.82) is 0 Å². The first kappa shape index (κ1) is 14.8. The van der Waals surface area contributed by atoms with E-state index in [0.29, 0.717) is 23.5 Å². The minimum absolute atomic E-state index is 0.105. The average molecular weight is 273 g/mol. The smallest absolute Gasteiger partial charge is 0.238 e. The normalized spacial score (nSPS) is 11.3. The second-order valence-corrected chi connectivity index (χ2v) is 5.46. The van der Waals surface area contributed by atoms with Gasteiger partial charge in [0.05, 0.1) is 19.1 Å². The second kappa shape index (κ2) is 6.06. The van der Waals surface area contributed by atoms with Crippen LogP contribution in [0.5, 0.6) is 11.5 Å². The summed E-state index contributed by atoms with van der Waals surface area (Å²) in [6, 6.07) is 3.01. The molecule has 0 fully saturated rings. The number of nitrogens with two attached hydrogens (primary N) is 1. The molecule has 0 amide bonds. The Labute approximate surface area is 108 Å². The first-order chi connectivity index (χ1) is 8.45. The van der Waals surface area contributed by atoms with Gasteiger partial charge in [0.2, 0.25) is 10.0 Å². The Balaban J connectivity index is 3.44. The highest BCUT2D eigenvalue weighted by Gasteiger charge is 2.20. The van der Waals surface area contributed by atoms with Gasteiger partial charge in [-0.15, -0.1) is 0 Å². The molecule has 0 spiro atoms. The quantitative estimate of drug-likeness (QED) is 0.855. The summed E-state index contributed by atoms with van der Waals surface area (Å²) in [7, 11) is -0.759. The van der Waals surface area contributed by atoms with Gasteiger partial charge in [-0.2, -0.15) is 0 Å². The lowest BCUT2D eigenvalue weighted by atomic mass is 10.1. The van der Waals surface area contributed by atoms with Crippen molar-refractivity contribution >= 4 is 10.0 Å². The Morgan fingerprint density at radius 2 is 1.89 bits per heavy atom. The number of primary sulfonamides is 1. The number of hydrogen-bond acceptors (Lipinski definition) is 4. The second-order valence-electron chi connectivity index (χ2n) is 3.93. The molecule has 1 aromatic rings. The van der Waals surface area contributed by atoms with Crippen LogP contribution in [0.2, 0.25) is 0 Å². The minimum Gasteiger partial charge on any atom is -0.493 e. The van der Waals surface area contributed by atoms with Crippen LogP contribution in [0, 0.1) is 0 Å². The van der Waals surface area contributed by atoms with E-state index in [0.717, 1.165) is 12.8 Å². The third-order valence-corrected chi connectivity index (χ3v) is 3.69. The van der Waals surface area contributed by atoms with Gasteiger partial charge in [0.15, 0.2) is 11.5 Å². The van der Waals surface area contributed by atoms with E-state index < -0.39 is 10.0 Å². The van der Waals surface area contributed by atoms with Crippen LogP contribution in [0.4, 0.5) is 0 Å². The first-order valence-electron chi connectivity index (χ1n) is 5.72. The van der Waals surface area contributed by atoms with Crippen LogP contribution in [0.25, 0.3) is 0 Å². The van der Waals surface area contributed by atoms with Gasteiger partial charge < -0.3 is 9.47 Å². The predicted molar refractivity (Wildman–Crippen MR) is 69.5 cm³/mol. The van der Waals surface area contributed by atoms with Crippen LogP contribution in [0.1, 0.15) is 25.3 Å². The average Bonchev–Trinajstić information content (AvgIpc) is 2.33. The summed E-state index contributed by atoms with van der Waals surface area (Å²) < 4.78 is 33.6. The Hall–Kier alpha value is -1.27. The molecule has 0 bridgehead atoms. The molecule has 0 saturated carbocycles. The summed E-state index contributed by atoms with van der Waals surface area (Å²) in [4.78, 5) is 0.105. The highest BCUT2D eigenvalue weighted by Crippen LogP contribution is 2.36. The molecule has 2 N–H and O–H groups in total. The van der Waals surface area contributed by atoms with Crippen LogP contribution in [0.15, 0.2) is 17.0 Å². The van der Waals surface area contributed by atoms with Crippen LogP contribution in [-0.4, -0.2) is 22.6 Å². The van der Waals surface area contributed by atoms with Crippen molar-refractivity contribution in [3.8, 4) is 11.5 Å². The van der Waals surface area contributed by atoms with Gasteiger partial charge in [-0.1, -0.05) is 13.3 Å². The van der Waals surface area contributed by atoms with Crippen LogP contribution >= 0.6 is 0 Å². The largest absolute Gasteiger partial charge is 0.493 e. The van der Waals surface area contributed by atoms with E-state index in [-0.39, 0.29) is 4.90 Å². The van der Waals surface area contributed by atoms with Crippen molar-refractivity contribution < 1.29 is 17.9 Å². The zero-order chi connectivity index (χ0) is 13.8. The topological polar surface area (TPSA) is 78.6 Å². The van der Waals surface area contributed by atoms with Crippen LogP contribution in [-0.2, 0) is 16.4 Å². The lowest BCUT2D eigenvalue weighted by molar-refractivity contribution is 0.349. The molecular formula is C12H19NO4S. The highest BCUT2D eigenvalue weighted by molar-refractivity contribution is 7.89. The molecule has 0 aliphatic heterocycles. The number of rotatable bonds is 6. The molecule has 0 aliphatic rings. The molecule has 0 aliphatic carbocycles. The van der Waals surface area contributed by atoms with Crippen LogP contribution < -0.4 is 14.6 Å². The molecule has 18 heavy (non-hydrogen) atoms. The van der Waals surface area contributed by atoms with Crippen molar-refractivity contribution in [3.63, 3.8) is 0 Å². The van der Waals surface area contributed by atoms with Gasteiger partial charge in [-0.25, -0.2) is 13.6 Å². The van der Waals surface area contributed by atoms with E-state index in [1.165, 1.54) is 20.3 Å². The molecule has 102 valence electrons. The Kier molecular flexibility index (Phi) is 4.98. The van der Waals surface area contributed by atoms with Gasteiger partial charge in [-0.05, 0) is 25.0 Å². The molecule has 0 unspecified atom stereocenters. The van der Waals surface area contributed by atoms with Crippen molar-refractivity contribution in [1.82, 2.24) is 0 Å². The van der Waals surface area contributed by atoms with E-state index in [9.17, 15) is 8.42 Å². The molecule has 6 heteroatoms. The maximum Gasteiger partial charge on any atom is 0.238 e. The standard InChI is InChI=1S/C12H19NO4S/c1-4-5-6-9-11(18(13,14)15)8-7-10(16-2)12(9)17-3/h7-8H,4-6H2,1-3H3,(H2,13,14,15). The summed E-state index contributed by atoms with van der Waals surface area (Å²) in [5.74, 6) is 0.952. The lowest BCUT2D eigenvalue weighted by Crippen LogP contribution is -2.15. The number of unbranched alkanes of at least 4 members (excludes halogenated alkanes) is 1. The minimum atomic E-state index is -3.76. The SMILES string of the molecule is CCCCc1c(S(N)(=O)=O)ccc(OC)c1OC. The third kappa shape index (κ3) is 3.14. The maximum atomic E-state index is 11.6. The van der Waals surface area contributed by atoms with Crippen molar-refractivity contribution in [2.75, 3.05) is 14.2 Å². The number of ether oxygens (including phenoxy) is 2. The summed E-state index contributed by atoms with van der Waals surface area (Å²) in [5, 5.41) is 5.22. The van der Waals surface area contributed by atoms with E-state index in [1.807, 2.05) is 6.92 Å². The fraction of sp³-hybridized carbons (Fsp3) is 0.500. The Morgan fingerprint density at radius 3 is 2.33 bits per heavy atom. The molecule has 1 aromatic carbocycles. The monoisotopic (exact) mass is 273 g/mol. The summed E-state index contributed by atoms with van der Waals surface area (Å²) in [6.45, 7) is 2.03. The fourth-order valence-electron chi connectivity index (χ4n) is 1.83. The van der Waals surface area contributed by atoms with Gasteiger partial charge in [0, 0.05) is 5.56 Å². The van der Waals surface area contributed by atoms with E-state index >= 15 is 0 Å². The van der Waals surface area contributed by atoms with Gasteiger partial charge >= 0.3 is 0 Å². The molecule has 0 radical (unpaired) electrons. The predicted octanol–water partition coefficient (Wildman–Crippen LogP) is 1.69. The van der Waals surface area contributed by atoms with Crippen molar-refractivity contribution in [3.05, 3.63) is 17.7 Å². The lowest BCUT2D eigenvalue weighted by Gasteiger charge is -2.15. The molecule has 0 heterocycles. The number of benzene rings is 1. The van der Waals surface area contributed by atoms with Gasteiger partial charge in [0.1, 0.15) is 0 Å². The molecular weight excluding hydrogens is 254 g/mol. The fourth-order valence-corrected chi connectivity index (χ4v) is 2.63. The van der Waals surface area contributed by atoms with Crippen molar-refractivity contribution in [2.45, 2.75) is 31.1 Å². The maximum absolute atomic E-state index is 11.6. The van der Waals surface area contributed by atoms with Gasteiger partial charge in [0.25, 0.3) is 0 Å². The highest BCUT2D eigenvalue weighted by atomic mass is 32.2. The zero-order valence-corrected chi connectivity index (χ0v) is 11.7. The number of sulfonamides is 1. The van der Waals surface area contributed by atoms with Gasteiger partial charge in [-0.3, -0.25) is 0 Å². The molecule has 0 atom stereocenters. The molecule has 1 rings (SSSR count). The molecule has 0 saturated heterocycles. The summed E-state index contributed by atoms with van der Waals surface area (Å²) in [5.41, 5.74) is 0.584. The molecule has 5 nitrogen and oxygen atoms in total. The van der Waals surface area contributed by atoms with Crippen molar-refractivity contribution in [2.24, 2.45) is 5.14 Å². The Bertz CT molecular complexity index is 511. The summed E-state index contributed by atoms with van der Waals surface area (Å²) >= 11 is 0. The first-order valence-corrected chi connectivity index (χ1v) is 7.27. The zero-order valence-electron chi connectivity index (χ0n) is 10.9. The van der Waals surface area contributed by atoms with Crippen LogP contribution in [0.3, 0.4) is 0 Å². The molecule has 0 aromatic heterocycles. The Morgan fingerprint density at radius 1 is 1.22 bits per heavy atom. The number of hydrogen-bond donors (Lipinski definition) is 1. The van der Waals surface area contributed by atoms with E-state index in [2.05, 4.69) is 0 Å². The van der Waals surface area contributed by atoms with E-state index in [1.54, 1.807) is 6.07 Å². The summed E-state index contributed by atoms with van der Waals surface area (Å²) in [6.07, 6.45) is 2.39. The van der Waals surface area contributed by atoms with E-state index in [4.69, 9.17) is 14.6 Å². The number of methoxy groups -OCH3 is 2. The third-order valence-electron chi connectivity index (χ3n) is 2.69.